The average Bonchev–Trinajstić information content (AvgIpc) is 2.68. The van der Waals surface area contributed by atoms with E-state index >= 15 is 0 Å². The van der Waals surface area contributed by atoms with Crippen LogP contribution in [0.4, 0.5) is 0 Å². The number of rotatable bonds is 3. The summed E-state index contributed by atoms with van der Waals surface area (Å²) in [5.41, 5.74) is 8.48. The zero-order valence-corrected chi connectivity index (χ0v) is 11.6. The van der Waals surface area contributed by atoms with Gasteiger partial charge in [-0.05, 0) is 52.6 Å². The van der Waals surface area contributed by atoms with Crippen LogP contribution in [-0.4, -0.2) is 0 Å². The fourth-order valence-electron chi connectivity index (χ4n) is 1.57. The van der Waals surface area contributed by atoms with Crippen molar-refractivity contribution < 1.29 is 0 Å². The molecule has 4 heteroatoms. The van der Waals surface area contributed by atoms with E-state index in [0.29, 0.717) is 5.02 Å². The first kappa shape index (κ1) is 12.1. The average molecular weight is 317 g/mol. The maximum Gasteiger partial charge on any atom is 0.0420 e. The molecule has 84 valence electrons. The van der Waals surface area contributed by atoms with Gasteiger partial charge in [0.25, 0.3) is 0 Å². The van der Waals surface area contributed by atoms with Gasteiger partial charge in [-0.25, -0.2) is 0 Å². The van der Waals surface area contributed by atoms with Crippen molar-refractivity contribution in [1.82, 2.24) is 0 Å². The second kappa shape index (κ2) is 5.32. The molecule has 1 heterocycles. The number of thiophene rings is 1. The molecule has 2 rings (SSSR count). The normalized spacial score (nSPS) is 12.7. The van der Waals surface area contributed by atoms with Gasteiger partial charge in [-0.15, -0.1) is 0 Å². The van der Waals surface area contributed by atoms with Crippen molar-refractivity contribution >= 4 is 38.9 Å². The molecule has 2 N–H and O–H groups in total. The minimum atomic E-state index is -0.00963. The van der Waals surface area contributed by atoms with Gasteiger partial charge in [0, 0.05) is 15.5 Å². The van der Waals surface area contributed by atoms with Crippen LogP contribution in [0.5, 0.6) is 0 Å². The molecule has 16 heavy (non-hydrogen) atoms. The van der Waals surface area contributed by atoms with Crippen LogP contribution < -0.4 is 5.73 Å². The number of halogens is 2. The lowest BCUT2D eigenvalue weighted by molar-refractivity contribution is 0.723. The highest BCUT2D eigenvalue weighted by Crippen LogP contribution is 2.25. The Morgan fingerprint density at radius 3 is 2.81 bits per heavy atom. The molecule has 0 bridgehead atoms. The summed E-state index contributed by atoms with van der Waals surface area (Å²) in [4.78, 5) is 0. The van der Waals surface area contributed by atoms with Crippen molar-refractivity contribution in [2.75, 3.05) is 0 Å². The highest BCUT2D eigenvalue weighted by atomic mass is 79.9. The zero-order valence-electron chi connectivity index (χ0n) is 8.49. The molecule has 1 aromatic heterocycles. The van der Waals surface area contributed by atoms with Gasteiger partial charge in [0.1, 0.15) is 0 Å². The van der Waals surface area contributed by atoms with Gasteiger partial charge in [0.15, 0.2) is 0 Å². The van der Waals surface area contributed by atoms with Crippen LogP contribution in [0.1, 0.15) is 17.2 Å². The molecule has 1 atom stereocenters. The molecule has 0 saturated carbocycles. The smallest absolute Gasteiger partial charge is 0.0420 e. The standard InChI is InChI=1S/C12H11BrClNS/c13-10-4-9(5-11(14)6-10)12(15)3-8-1-2-16-7-8/h1-2,4-7,12H,3,15H2. The SMILES string of the molecule is NC(Cc1ccsc1)c1cc(Cl)cc(Br)c1. The van der Waals surface area contributed by atoms with Crippen LogP contribution in [0.2, 0.25) is 5.02 Å². The molecule has 2 aromatic rings. The first-order valence-corrected chi connectivity index (χ1v) is 6.99. The molecule has 0 radical (unpaired) electrons. The summed E-state index contributed by atoms with van der Waals surface area (Å²) < 4.78 is 0.968. The molecule has 0 aliphatic carbocycles. The lowest BCUT2D eigenvalue weighted by Crippen LogP contribution is -2.12. The zero-order chi connectivity index (χ0) is 11.5. The molecule has 0 aliphatic rings. The third-order valence-electron chi connectivity index (χ3n) is 2.35. The molecule has 0 spiro atoms. The van der Waals surface area contributed by atoms with Gasteiger partial charge in [0.2, 0.25) is 0 Å². The Bertz CT molecular complexity index is 450. The maximum absolute atomic E-state index is 6.15. The van der Waals surface area contributed by atoms with Crippen molar-refractivity contribution in [3.05, 3.63) is 55.6 Å². The lowest BCUT2D eigenvalue weighted by Gasteiger charge is -2.12. The summed E-state index contributed by atoms with van der Waals surface area (Å²) in [6, 6.07) is 7.89. The minimum Gasteiger partial charge on any atom is -0.324 e. The number of benzene rings is 1. The predicted molar refractivity (Wildman–Crippen MR) is 74.1 cm³/mol. The molecule has 0 amide bonds. The fourth-order valence-corrected chi connectivity index (χ4v) is 3.14. The minimum absolute atomic E-state index is 0.00963. The van der Waals surface area contributed by atoms with E-state index in [9.17, 15) is 0 Å². The Labute approximate surface area is 112 Å². The van der Waals surface area contributed by atoms with E-state index in [2.05, 4.69) is 32.8 Å². The highest BCUT2D eigenvalue weighted by molar-refractivity contribution is 9.10. The Kier molecular flexibility index (Phi) is 4.03. The first-order chi connectivity index (χ1) is 7.65. The fraction of sp³-hybridized carbons (Fsp3) is 0.167. The first-order valence-electron chi connectivity index (χ1n) is 4.88. The van der Waals surface area contributed by atoms with Gasteiger partial charge in [-0.3, -0.25) is 0 Å². The number of nitrogens with two attached hydrogens (primary N) is 1. The largest absolute Gasteiger partial charge is 0.324 e. The van der Waals surface area contributed by atoms with Crippen molar-refractivity contribution in [3.8, 4) is 0 Å². The molecule has 1 aromatic carbocycles. The van der Waals surface area contributed by atoms with E-state index < -0.39 is 0 Å². The number of hydrogen-bond donors (Lipinski definition) is 1. The molecular weight excluding hydrogens is 306 g/mol. The summed E-state index contributed by atoms with van der Waals surface area (Å²) in [5.74, 6) is 0. The molecular formula is C12H11BrClNS. The molecule has 0 aliphatic heterocycles. The lowest BCUT2D eigenvalue weighted by atomic mass is 10.0. The van der Waals surface area contributed by atoms with Crippen molar-refractivity contribution in [3.63, 3.8) is 0 Å². The third-order valence-corrected chi connectivity index (χ3v) is 3.76. The maximum atomic E-state index is 6.15. The summed E-state index contributed by atoms with van der Waals surface area (Å²) >= 11 is 11.1. The van der Waals surface area contributed by atoms with E-state index in [-0.39, 0.29) is 6.04 Å². The Morgan fingerprint density at radius 2 is 2.19 bits per heavy atom. The van der Waals surface area contributed by atoms with Gasteiger partial charge >= 0.3 is 0 Å². The van der Waals surface area contributed by atoms with Crippen LogP contribution in [0.15, 0.2) is 39.5 Å². The molecule has 1 unspecified atom stereocenters. The highest BCUT2D eigenvalue weighted by Gasteiger charge is 2.09. The Hall–Kier alpha value is -0.350. The summed E-state index contributed by atoms with van der Waals surface area (Å²) in [6.45, 7) is 0. The molecule has 0 saturated heterocycles. The van der Waals surface area contributed by atoms with E-state index in [0.717, 1.165) is 16.5 Å². The Morgan fingerprint density at radius 1 is 1.38 bits per heavy atom. The molecule has 1 nitrogen and oxygen atoms in total. The van der Waals surface area contributed by atoms with Crippen LogP contribution >= 0.6 is 38.9 Å². The van der Waals surface area contributed by atoms with Gasteiger partial charge in [-0.2, -0.15) is 11.3 Å². The third kappa shape index (κ3) is 3.08. The predicted octanol–water partition coefficient (Wildman–Crippen LogP) is 4.41. The summed E-state index contributed by atoms with van der Waals surface area (Å²) in [6.07, 6.45) is 0.844. The van der Waals surface area contributed by atoms with Crippen LogP contribution in [0.25, 0.3) is 0 Å². The monoisotopic (exact) mass is 315 g/mol. The topological polar surface area (TPSA) is 26.0 Å². The molecule has 0 fully saturated rings. The van der Waals surface area contributed by atoms with Gasteiger partial charge < -0.3 is 5.73 Å². The quantitative estimate of drug-likeness (QED) is 0.892. The second-order valence-corrected chi connectivity index (χ2v) is 5.78. The van der Waals surface area contributed by atoms with Crippen LogP contribution in [0, 0.1) is 0 Å². The van der Waals surface area contributed by atoms with Crippen molar-refractivity contribution in [1.29, 1.82) is 0 Å². The van der Waals surface area contributed by atoms with E-state index in [1.807, 2.05) is 18.2 Å². The Balaban J connectivity index is 2.17. The number of hydrogen-bond acceptors (Lipinski definition) is 2. The van der Waals surface area contributed by atoms with E-state index in [1.165, 1.54) is 5.56 Å². The van der Waals surface area contributed by atoms with Crippen LogP contribution in [0.3, 0.4) is 0 Å². The van der Waals surface area contributed by atoms with Crippen molar-refractivity contribution in [2.24, 2.45) is 5.73 Å². The van der Waals surface area contributed by atoms with Crippen molar-refractivity contribution in [2.45, 2.75) is 12.5 Å². The van der Waals surface area contributed by atoms with E-state index in [4.69, 9.17) is 17.3 Å². The van der Waals surface area contributed by atoms with Crippen LogP contribution in [-0.2, 0) is 6.42 Å². The second-order valence-electron chi connectivity index (χ2n) is 3.64. The van der Waals surface area contributed by atoms with Gasteiger partial charge in [0.05, 0.1) is 0 Å². The summed E-state index contributed by atoms with van der Waals surface area (Å²) in [5, 5.41) is 4.90. The van der Waals surface area contributed by atoms with E-state index in [1.54, 1.807) is 11.3 Å². The van der Waals surface area contributed by atoms with Gasteiger partial charge in [-0.1, -0.05) is 27.5 Å². The summed E-state index contributed by atoms with van der Waals surface area (Å²) in [7, 11) is 0.